The molecule has 1 heterocycles. The Bertz CT molecular complexity index is 723. The van der Waals surface area contributed by atoms with Gasteiger partial charge in [-0.05, 0) is 61.2 Å². The molecule has 2 aromatic rings. The molecular weight excluding hydrogens is 262 g/mol. The number of nitrogens with zero attached hydrogens (tertiary/aromatic N) is 1. The minimum atomic E-state index is -0.0354. The fourth-order valence-electron chi connectivity index (χ4n) is 3.90. The van der Waals surface area contributed by atoms with Gasteiger partial charge < -0.3 is 10.2 Å². The van der Waals surface area contributed by atoms with E-state index in [0.29, 0.717) is 6.04 Å². The van der Waals surface area contributed by atoms with Crippen molar-refractivity contribution in [3.8, 4) is 22.6 Å². The monoisotopic (exact) mass is 281 g/mol. The summed E-state index contributed by atoms with van der Waals surface area (Å²) in [7, 11) is 2.18. The second-order valence-corrected chi connectivity index (χ2v) is 6.15. The zero-order valence-electron chi connectivity index (χ0n) is 12.1. The minimum Gasteiger partial charge on any atom is -0.504 e. The van der Waals surface area contributed by atoms with Crippen LogP contribution in [0, 0.1) is 0 Å². The van der Waals surface area contributed by atoms with E-state index in [1.54, 1.807) is 6.07 Å². The van der Waals surface area contributed by atoms with Gasteiger partial charge >= 0.3 is 0 Å². The fraction of sp³-hybridized carbons (Fsp3) is 0.333. The molecule has 1 aliphatic carbocycles. The average molecular weight is 281 g/mol. The molecule has 21 heavy (non-hydrogen) atoms. The van der Waals surface area contributed by atoms with Gasteiger partial charge in [0.1, 0.15) is 0 Å². The Morgan fingerprint density at radius 2 is 1.95 bits per heavy atom. The van der Waals surface area contributed by atoms with Crippen LogP contribution in [-0.4, -0.2) is 28.7 Å². The first-order valence-electron chi connectivity index (χ1n) is 7.53. The van der Waals surface area contributed by atoms with E-state index < -0.39 is 0 Å². The Hall–Kier alpha value is -2.00. The highest BCUT2D eigenvalue weighted by Gasteiger charge is 2.32. The molecule has 1 unspecified atom stereocenters. The quantitative estimate of drug-likeness (QED) is 0.729. The van der Waals surface area contributed by atoms with Gasteiger partial charge in [0.2, 0.25) is 0 Å². The maximum atomic E-state index is 10.3. The molecular formula is C18H19NO2. The van der Waals surface area contributed by atoms with Crippen LogP contribution in [0.3, 0.4) is 0 Å². The number of aromatic hydroxyl groups is 2. The van der Waals surface area contributed by atoms with Crippen molar-refractivity contribution < 1.29 is 10.2 Å². The lowest BCUT2D eigenvalue weighted by Crippen LogP contribution is -2.28. The predicted molar refractivity (Wildman–Crippen MR) is 82.6 cm³/mol. The van der Waals surface area contributed by atoms with E-state index in [9.17, 15) is 10.2 Å². The number of phenols is 2. The molecule has 0 fully saturated rings. The number of hydrogen-bond acceptors (Lipinski definition) is 3. The van der Waals surface area contributed by atoms with E-state index in [2.05, 4.69) is 30.1 Å². The van der Waals surface area contributed by atoms with Crippen LogP contribution in [0.4, 0.5) is 0 Å². The van der Waals surface area contributed by atoms with Gasteiger partial charge in [0.15, 0.2) is 11.5 Å². The van der Waals surface area contributed by atoms with Gasteiger partial charge in [-0.25, -0.2) is 0 Å². The summed E-state index contributed by atoms with van der Waals surface area (Å²) in [6.07, 6.45) is 3.14. The lowest BCUT2D eigenvalue weighted by Gasteiger charge is -2.34. The van der Waals surface area contributed by atoms with Crippen molar-refractivity contribution >= 4 is 0 Å². The third-order valence-electron chi connectivity index (χ3n) is 4.94. The standard InChI is InChI=1S/C18H19NO2/c1-19-9-3-5-11-4-2-6-13-16(11)14(19)10-12-7-8-15(20)18(21)17(12)13/h2,4,6-8,14,20-21H,3,5,9-10H2,1H3. The van der Waals surface area contributed by atoms with Crippen LogP contribution in [0.1, 0.15) is 29.2 Å². The van der Waals surface area contributed by atoms with Crippen LogP contribution >= 0.6 is 0 Å². The van der Waals surface area contributed by atoms with Gasteiger partial charge in [0, 0.05) is 11.6 Å². The maximum Gasteiger partial charge on any atom is 0.165 e. The Morgan fingerprint density at radius 1 is 1.10 bits per heavy atom. The number of aryl methyl sites for hydroxylation is 1. The van der Waals surface area contributed by atoms with Crippen molar-refractivity contribution in [2.24, 2.45) is 0 Å². The van der Waals surface area contributed by atoms with Gasteiger partial charge in [-0.3, -0.25) is 4.90 Å². The zero-order valence-corrected chi connectivity index (χ0v) is 12.1. The molecule has 0 saturated heterocycles. The fourth-order valence-corrected chi connectivity index (χ4v) is 3.90. The van der Waals surface area contributed by atoms with Crippen molar-refractivity contribution in [2.45, 2.75) is 25.3 Å². The third kappa shape index (κ3) is 1.77. The van der Waals surface area contributed by atoms with E-state index in [4.69, 9.17) is 0 Å². The molecule has 1 atom stereocenters. The molecule has 3 nitrogen and oxygen atoms in total. The SMILES string of the molecule is CN1CCCc2cccc3c2C1Cc1ccc(O)c(O)c1-3. The number of hydrogen-bond donors (Lipinski definition) is 2. The van der Waals surface area contributed by atoms with Crippen molar-refractivity contribution in [3.63, 3.8) is 0 Å². The first-order valence-corrected chi connectivity index (χ1v) is 7.53. The van der Waals surface area contributed by atoms with Gasteiger partial charge in [-0.15, -0.1) is 0 Å². The smallest absolute Gasteiger partial charge is 0.165 e. The summed E-state index contributed by atoms with van der Waals surface area (Å²) in [6.45, 7) is 1.10. The van der Waals surface area contributed by atoms with Crippen molar-refractivity contribution in [1.29, 1.82) is 0 Å². The normalized spacial score (nSPS) is 20.5. The summed E-state index contributed by atoms with van der Waals surface area (Å²) < 4.78 is 0. The molecule has 2 aliphatic rings. The average Bonchev–Trinajstić information content (AvgIpc) is 2.64. The molecule has 0 aromatic heterocycles. The lowest BCUT2D eigenvalue weighted by atomic mass is 9.79. The second kappa shape index (κ2) is 4.50. The molecule has 108 valence electrons. The molecule has 0 spiro atoms. The maximum absolute atomic E-state index is 10.3. The first-order chi connectivity index (χ1) is 10.2. The number of fused-ring (bicyclic) bond motifs is 2. The molecule has 4 rings (SSSR count). The van der Waals surface area contributed by atoms with Crippen LogP contribution in [0.5, 0.6) is 11.5 Å². The topological polar surface area (TPSA) is 43.7 Å². The van der Waals surface area contributed by atoms with E-state index in [1.165, 1.54) is 11.1 Å². The molecule has 2 aromatic carbocycles. The number of phenolic OH excluding ortho intramolecular Hbond substituents is 2. The summed E-state index contributed by atoms with van der Waals surface area (Å²) in [5, 5.41) is 20.2. The van der Waals surface area contributed by atoms with Gasteiger partial charge in [-0.2, -0.15) is 0 Å². The highest BCUT2D eigenvalue weighted by atomic mass is 16.3. The van der Waals surface area contributed by atoms with Crippen LogP contribution in [-0.2, 0) is 12.8 Å². The van der Waals surface area contributed by atoms with E-state index >= 15 is 0 Å². The number of rotatable bonds is 0. The van der Waals surface area contributed by atoms with Gasteiger partial charge in [0.25, 0.3) is 0 Å². The Balaban J connectivity index is 2.04. The van der Waals surface area contributed by atoms with Gasteiger partial charge in [-0.1, -0.05) is 24.3 Å². The van der Waals surface area contributed by atoms with Crippen LogP contribution in [0.15, 0.2) is 30.3 Å². The summed E-state index contributed by atoms with van der Waals surface area (Å²) in [5.41, 5.74) is 5.74. The first kappa shape index (κ1) is 12.7. The third-order valence-corrected chi connectivity index (χ3v) is 4.94. The Labute approximate surface area is 124 Å². The van der Waals surface area contributed by atoms with Crippen LogP contribution < -0.4 is 0 Å². The van der Waals surface area contributed by atoms with Crippen molar-refractivity contribution in [3.05, 3.63) is 47.0 Å². The highest BCUT2D eigenvalue weighted by Crippen LogP contribution is 2.49. The molecule has 0 saturated carbocycles. The van der Waals surface area contributed by atoms with Crippen LogP contribution in [0.2, 0.25) is 0 Å². The molecule has 0 radical (unpaired) electrons. The molecule has 1 aliphatic heterocycles. The van der Waals surface area contributed by atoms with Gasteiger partial charge in [0.05, 0.1) is 0 Å². The lowest BCUT2D eigenvalue weighted by molar-refractivity contribution is 0.247. The largest absolute Gasteiger partial charge is 0.504 e. The number of likely N-dealkylation sites (N-methyl/N-ethyl adjacent to an activating group) is 1. The molecule has 0 bridgehead atoms. The van der Waals surface area contributed by atoms with Crippen molar-refractivity contribution in [1.82, 2.24) is 4.90 Å². The Morgan fingerprint density at radius 3 is 2.81 bits per heavy atom. The Kier molecular flexibility index (Phi) is 2.73. The summed E-state index contributed by atoms with van der Waals surface area (Å²) in [6, 6.07) is 10.3. The van der Waals surface area contributed by atoms with E-state index in [-0.39, 0.29) is 11.5 Å². The molecule has 2 N–H and O–H groups in total. The zero-order chi connectivity index (χ0) is 14.6. The second-order valence-electron chi connectivity index (χ2n) is 6.15. The van der Waals surface area contributed by atoms with Crippen molar-refractivity contribution in [2.75, 3.05) is 13.6 Å². The van der Waals surface area contributed by atoms with Crippen LogP contribution in [0.25, 0.3) is 11.1 Å². The molecule has 3 heteroatoms. The van der Waals surface area contributed by atoms with E-state index in [0.717, 1.165) is 42.5 Å². The highest BCUT2D eigenvalue weighted by molar-refractivity contribution is 5.82. The summed E-state index contributed by atoms with van der Waals surface area (Å²) in [5.74, 6) is -0.0157. The predicted octanol–water partition coefficient (Wildman–Crippen LogP) is 3.24. The summed E-state index contributed by atoms with van der Waals surface area (Å²) >= 11 is 0. The van der Waals surface area contributed by atoms with E-state index in [1.807, 2.05) is 6.07 Å². The molecule has 0 amide bonds. The summed E-state index contributed by atoms with van der Waals surface area (Å²) in [4.78, 5) is 2.42. The minimum absolute atomic E-state index is 0.0197. The number of benzene rings is 2.